The lowest BCUT2D eigenvalue weighted by molar-refractivity contribution is -0.142. The molecule has 32 heavy (non-hydrogen) atoms. The number of likely N-dealkylation sites (tertiary alicyclic amines) is 1. The van der Waals surface area contributed by atoms with Gasteiger partial charge in [0.25, 0.3) is 5.91 Å². The van der Waals surface area contributed by atoms with Gasteiger partial charge in [-0.25, -0.2) is 9.50 Å². The molecule has 2 atom stereocenters. The Morgan fingerprint density at radius 2 is 2.03 bits per heavy atom. The summed E-state index contributed by atoms with van der Waals surface area (Å²) in [5.41, 5.74) is 1.77. The number of rotatable bonds is 2. The molecule has 2 aliphatic heterocycles. The van der Waals surface area contributed by atoms with Crippen LogP contribution in [-0.4, -0.2) is 44.6 Å². The van der Waals surface area contributed by atoms with Crippen LogP contribution >= 0.6 is 0 Å². The molecule has 1 fully saturated rings. The molecule has 0 N–H and O–H groups in total. The number of halogens is 3. The van der Waals surface area contributed by atoms with Gasteiger partial charge in [-0.3, -0.25) is 4.79 Å². The van der Waals surface area contributed by atoms with Crippen molar-refractivity contribution in [2.24, 2.45) is 0 Å². The van der Waals surface area contributed by atoms with Crippen molar-refractivity contribution in [3.63, 3.8) is 0 Å². The van der Waals surface area contributed by atoms with E-state index >= 15 is 0 Å². The van der Waals surface area contributed by atoms with E-state index in [2.05, 4.69) is 10.1 Å². The zero-order valence-corrected chi connectivity index (χ0v) is 17.8. The second kappa shape index (κ2) is 7.50. The van der Waals surface area contributed by atoms with E-state index in [1.807, 2.05) is 19.1 Å². The van der Waals surface area contributed by atoms with Crippen molar-refractivity contribution in [1.29, 1.82) is 0 Å². The first-order valence-corrected chi connectivity index (χ1v) is 10.7. The van der Waals surface area contributed by atoms with Crippen LogP contribution in [0.3, 0.4) is 0 Å². The van der Waals surface area contributed by atoms with Crippen LogP contribution in [0.2, 0.25) is 0 Å². The fourth-order valence-electron chi connectivity index (χ4n) is 4.66. The van der Waals surface area contributed by atoms with Crippen LogP contribution in [0, 0.1) is 6.92 Å². The number of nitrogens with zero attached hydrogens (tertiary/aromatic N) is 4. The number of hydrogen-bond donors (Lipinski definition) is 0. The molecule has 168 valence electrons. The fraction of sp³-hybridized carbons (Fsp3) is 0.435. The molecular formula is C23H23F3N4O2. The highest BCUT2D eigenvalue weighted by molar-refractivity contribution is 5.94. The van der Waals surface area contributed by atoms with Crippen molar-refractivity contribution in [2.75, 3.05) is 13.1 Å². The van der Waals surface area contributed by atoms with Gasteiger partial charge in [-0.2, -0.15) is 18.3 Å². The SMILES string of the molecule is Cc1cc(C(F)(F)F)n2nc([C@H]3CCCN(C(=O)c4ccc5c(c4)C[C@H](C)O5)C3)cc2n1. The minimum Gasteiger partial charge on any atom is -0.490 e. The lowest BCUT2D eigenvalue weighted by Gasteiger charge is -2.32. The maximum atomic E-state index is 13.5. The maximum Gasteiger partial charge on any atom is 0.433 e. The molecule has 2 aromatic heterocycles. The smallest absolute Gasteiger partial charge is 0.433 e. The summed E-state index contributed by atoms with van der Waals surface area (Å²) < 4.78 is 47.0. The highest BCUT2D eigenvalue weighted by atomic mass is 19.4. The lowest BCUT2D eigenvalue weighted by atomic mass is 9.94. The molecule has 9 heteroatoms. The standard InChI is InChI=1S/C23H23F3N4O2/c1-13-8-20(23(24,25)26)30-21(27-13)11-18(28-30)16-4-3-7-29(12-16)22(31)15-5-6-19-17(10-15)9-14(2)32-19/h5-6,8,10-11,14,16H,3-4,7,9,12H2,1-2H3/t14-,16-/m0/s1. The highest BCUT2D eigenvalue weighted by Gasteiger charge is 2.36. The number of aromatic nitrogens is 3. The summed E-state index contributed by atoms with van der Waals surface area (Å²) in [6.45, 7) is 4.54. The number of carbonyl (C=O) groups is 1. The topological polar surface area (TPSA) is 59.7 Å². The third kappa shape index (κ3) is 3.69. The molecule has 0 radical (unpaired) electrons. The zero-order chi connectivity index (χ0) is 22.6. The Morgan fingerprint density at radius 1 is 1.22 bits per heavy atom. The van der Waals surface area contributed by atoms with Crippen LogP contribution in [0.15, 0.2) is 30.3 Å². The van der Waals surface area contributed by atoms with Gasteiger partial charge in [0.2, 0.25) is 0 Å². The van der Waals surface area contributed by atoms with Gasteiger partial charge >= 0.3 is 6.18 Å². The predicted molar refractivity (Wildman–Crippen MR) is 111 cm³/mol. The molecule has 1 amide bonds. The highest BCUT2D eigenvalue weighted by Crippen LogP contribution is 2.33. The quantitative estimate of drug-likeness (QED) is 0.588. The van der Waals surface area contributed by atoms with E-state index in [0.29, 0.717) is 24.3 Å². The van der Waals surface area contributed by atoms with E-state index < -0.39 is 11.9 Å². The Hall–Kier alpha value is -3.10. The third-order valence-corrected chi connectivity index (χ3v) is 6.13. The maximum absolute atomic E-state index is 13.5. The number of aryl methyl sites for hydroxylation is 1. The minimum atomic E-state index is -4.53. The van der Waals surface area contributed by atoms with Gasteiger partial charge in [0.15, 0.2) is 5.65 Å². The predicted octanol–water partition coefficient (Wildman–Crippen LogP) is 4.40. The van der Waals surface area contributed by atoms with Gasteiger partial charge in [-0.1, -0.05) is 0 Å². The van der Waals surface area contributed by atoms with Crippen molar-refractivity contribution >= 4 is 11.6 Å². The van der Waals surface area contributed by atoms with Crippen molar-refractivity contribution in [3.8, 4) is 5.75 Å². The van der Waals surface area contributed by atoms with Crippen LogP contribution in [0.1, 0.15) is 58.7 Å². The van der Waals surface area contributed by atoms with Gasteiger partial charge < -0.3 is 9.64 Å². The van der Waals surface area contributed by atoms with Crippen molar-refractivity contribution in [1.82, 2.24) is 19.5 Å². The van der Waals surface area contributed by atoms with Crippen LogP contribution < -0.4 is 4.74 Å². The molecule has 0 saturated carbocycles. The molecule has 0 unspecified atom stereocenters. The average Bonchev–Trinajstić information content (AvgIpc) is 3.33. The van der Waals surface area contributed by atoms with Crippen molar-refractivity contribution in [3.05, 3.63) is 58.5 Å². The molecule has 5 rings (SSSR count). The van der Waals surface area contributed by atoms with E-state index in [-0.39, 0.29) is 29.3 Å². The summed E-state index contributed by atoms with van der Waals surface area (Å²) >= 11 is 0. The molecule has 4 heterocycles. The Morgan fingerprint density at radius 3 is 2.81 bits per heavy atom. The molecule has 1 aromatic carbocycles. The van der Waals surface area contributed by atoms with Crippen LogP contribution in [-0.2, 0) is 12.6 Å². The lowest BCUT2D eigenvalue weighted by Crippen LogP contribution is -2.39. The van der Waals surface area contributed by atoms with Gasteiger partial charge in [0, 0.05) is 42.8 Å². The summed E-state index contributed by atoms with van der Waals surface area (Å²) in [7, 11) is 0. The Balaban J connectivity index is 1.40. The number of fused-ring (bicyclic) bond motifs is 2. The molecule has 1 saturated heterocycles. The summed E-state index contributed by atoms with van der Waals surface area (Å²) in [6, 6.07) is 8.10. The van der Waals surface area contributed by atoms with Crippen molar-refractivity contribution in [2.45, 2.75) is 51.3 Å². The van der Waals surface area contributed by atoms with Crippen molar-refractivity contribution < 1.29 is 22.7 Å². The van der Waals surface area contributed by atoms with E-state index in [0.717, 1.165) is 41.2 Å². The zero-order valence-electron chi connectivity index (χ0n) is 17.8. The van der Waals surface area contributed by atoms with Crippen LogP contribution in [0.25, 0.3) is 5.65 Å². The van der Waals surface area contributed by atoms with Gasteiger partial charge in [0.05, 0.1) is 5.69 Å². The number of carbonyl (C=O) groups excluding carboxylic acids is 1. The van der Waals surface area contributed by atoms with E-state index in [1.165, 1.54) is 6.92 Å². The summed E-state index contributed by atoms with van der Waals surface area (Å²) in [4.78, 5) is 19.1. The Bertz CT molecular complexity index is 1200. The van der Waals surface area contributed by atoms with E-state index in [9.17, 15) is 18.0 Å². The fourth-order valence-corrected chi connectivity index (χ4v) is 4.66. The van der Waals surface area contributed by atoms with E-state index in [1.54, 1.807) is 17.0 Å². The number of hydrogen-bond acceptors (Lipinski definition) is 4. The van der Waals surface area contributed by atoms with Gasteiger partial charge in [-0.05, 0) is 56.5 Å². The Labute approximate surface area is 183 Å². The summed E-state index contributed by atoms with van der Waals surface area (Å²) in [6.07, 6.45) is -2.15. The summed E-state index contributed by atoms with van der Waals surface area (Å²) in [5.74, 6) is 0.595. The Kier molecular flexibility index (Phi) is 4.87. The average molecular weight is 444 g/mol. The molecule has 0 spiro atoms. The normalized spacial score (nSPS) is 21.0. The molecule has 0 bridgehead atoms. The third-order valence-electron chi connectivity index (χ3n) is 6.13. The minimum absolute atomic E-state index is 0.0780. The van der Waals surface area contributed by atoms with E-state index in [4.69, 9.17) is 4.74 Å². The van der Waals surface area contributed by atoms with Gasteiger partial charge in [0.1, 0.15) is 17.5 Å². The summed E-state index contributed by atoms with van der Waals surface area (Å²) in [5, 5.41) is 4.25. The number of alkyl halides is 3. The number of ether oxygens (including phenoxy) is 1. The number of amides is 1. The second-order valence-corrected chi connectivity index (χ2v) is 8.67. The largest absolute Gasteiger partial charge is 0.490 e. The first kappa shape index (κ1) is 20.8. The van der Waals surface area contributed by atoms with Crippen LogP contribution in [0.5, 0.6) is 5.75 Å². The second-order valence-electron chi connectivity index (χ2n) is 8.67. The molecular weight excluding hydrogens is 421 g/mol. The van der Waals surface area contributed by atoms with Gasteiger partial charge in [-0.15, -0.1) is 0 Å². The number of benzene rings is 1. The first-order valence-electron chi connectivity index (χ1n) is 10.7. The first-order chi connectivity index (χ1) is 15.2. The van der Waals surface area contributed by atoms with Crippen LogP contribution in [0.4, 0.5) is 13.2 Å². The monoisotopic (exact) mass is 444 g/mol. The number of piperidine rings is 1. The molecule has 2 aliphatic rings. The molecule has 6 nitrogen and oxygen atoms in total. The molecule has 3 aromatic rings. The molecule has 0 aliphatic carbocycles.